The molecule has 1 heterocycles. The number of nitrogens with zero attached hydrogens (tertiary/aromatic N) is 2. The summed E-state index contributed by atoms with van der Waals surface area (Å²) in [5.41, 5.74) is 2.69. The molecule has 1 aliphatic carbocycles. The van der Waals surface area contributed by atoms with E-state index in [1.54, 1.807) is 36.1 Å². The predicted molar refractivity (Wildman–Crippen MR) is 106 cm³/mol. The molecule has 0 spiro atoms. The molecule has 5 nitrogen and oxygen atoms in total. The van der Waals surface area contributed by atoms with Gasteiger partial charge in [0.15, 0.2) is 0 Å². The van der Waals surface area contributed by atoms with Crippen LogP contribution >= 0.6 is 23.2 Å². The normalized spacial score (nSPS) is 13.4. The molecule has 1 aromatic heterocycles. The van der Waals surface area contributed by atoms with Gasteiger partial charge in [-0.3, -0.25) is 4.79 Å². The van der Waals surface area contributed by atoms with E-state index in [1.165, 1.54) is 0 Å². The molecule has 138 valence electrons. The van der Waals surface area contributed by atoms with Crippen LogP contribution in [0.3, 0.4) is 0 Å². The predicted octanol–water partition coefficient (Wildman–Crippen LogP) is 4.75. The van der Waals surface area contributed by atoms with Gasteiger partial charge in [-0.05, 0) is 61.4 Å². The summed E-state index contributed by atoms with van der Waals surface area (Å²) in [5, 5.41) is 8.51. The van der Waals surface area contributed by atoms with Crippen LogP contribution in [0.4, 0.5) is 0 Å². The highest BCUT2D eigenvalue weighted by Gasteiger charge is 2.26. The van der Waals surface area contributed by atoms with E-state index in [0.29, 0.717) is 27.1 Å². The molecule has 1 N–H and O–H groups in total. The highest BCUT2D eigenvalue weighted by Crippen LogP contribution is 2.28. The zero-order chi connectivity index (χ0) is 19.0. The average Bonchev–Trinajstić information content (AvgIpc) is 3.38. The van der Waals surface area contributed by atoms with Crippen LogP contribution < -0.4 is 10.1 Å². The van der Waals surface area contributed by atoms with Crippen LogP contribution in [0.5, 0.6) is 5.75 Å². The van der Waals surface area contributed by atoms with Gasteiger partial charge >= 0.3 is 0 Å². The standard InChI is InChI=1S/C20H17Cl2N3O2/c1-27-15-7-2-12(3-8-15)18-11-19(20(26)23-13-4-5-13)25(24-18)14-6-9-16(21)17(22)10-14/h2-3,6-11,13H,4-5H2,1H3,(H,23,26). The van der Waals surface area contributed by atoms with Crippen molar-refractivity contribution in [3.05, 3.63) is 64.3 Å². The number of carbonyl (C=O) groups is 1. The molecule has 0 saturated heterocycles. The van der Waals surface area contributed by atoms with Crippen molar-refractivity contribution in [3.63, 3.8) is 0 Å². The molecule has 1 aliphatic rings. The zero-order valence-electron chi connectivity index (χ0n) is 14.6. The van der Waals surface area contributed by atoms with Crippen LogP contribution in [0.2, 0.25) is 10.0 Å². The van der Waals surface area contributed by atoms with E-state index >= 15 is 0 Å². The molecule has 1 amide bonds. The number of ether oxygens (including phenoxy) is 1. The van der Waals surface area contributed by atoms with Crippen molar-refractivity contribution in [2.45, 2.75) is 18.9 Å². The van der Waals surface area contributed by atoms with Gasteiger partial charge in [0.1, 0.15) is 11.4 Å². The Morgan fingerprint density at radius 2 is 1.85 bits per heavy atom. The Morgan fingerprint density at radius 3 is 2.48 bits per heavy atom. The fraction of sp³-hybridized carbons (Fsp3) is 0.200. The lowest BCUT2D eigenvalue weighted by atomic mass is 10.1. The number of halogens is 2. The molecule has 0 aliphatic heterocycles. The highest BCUT2D eigenvalue weighted by atomic mass is 35.5. The number of hydrogen-bond acceptors (Lipinski definition) is 3. The lowest BCUT2D eigenvalue weighted by Crippen LogP contribution is -2.27. The summed E-state index contributed by atoms with van der Waals surface area (Å²) in [5.74, 6) is 0.602. The molecule has 1 saturated carbocycles. The second-order valence-electron chi connectivity index (χ2n) is 6.40. The van der Waals surface area contributed by atoms with Gasteiger partial charge in [-0.1, -0.05) is 23.2 Å². The lowest BCUT2D eigenvalue weighted by molar-refractivity contribution is 0.0943. The van der Waals surface area contributed by atoms with Gasteiger partial charge in [0, 0.05) is 11.6 Å². The van der Waals surface area contributed by atoms with Gasteiger partial charge < -0.3 is 10.1 Å². The molecule has 0 atom stereocenters. The fourth-order valence-electron chi connectivity index (χ4n) is 2.75. The van der Waals surface area contributed by atoms with Crippen molar-refractivity contribution in [2.24, 2.45) is 0 Å². The Labute approximate surface area is 166 Å². The molecular weight excluding hydrogens is 385 g/mol. The number of amides is 1. The largest absolute Gasteiger partial charge is 0.497 e. The van der Waals surface area contributed by atoms with E-state index in [4.69, 9.17) is 27.9 Å². The van der Waals surface area contributed by atoms with E-state index in [1.807, 2.05) is 24.3 Å². The Morgan fingerprint density at radius 1 is 1.11 bits per heavy atom. The molecule has 4 rings (SSSR count). The number of rotatable bonds is 5. The second-order valence-corrected chi connectivity index (χ2v) is 7.22. The van der Waals surface area contributed by atoms with Gasteiger partial charge in [0.2, 0.25) is 0 Å². The van der Waals surface area contributed by atoms with Crippen LogP contribution in [-0.4, -0.2) is 28.8 Å². The molecule has 7 heteroatoms. The minimum absolute atomic E-state index is 0.157. The molecule has 0 bridgehead atoms. The monoisotopic (exact) mass is 401 g/mol. The molecule has 0 unspecified atom stereocenters. The average molecular weight is 402 g/mol. The summed E-state index contributed by atoms with van der Waals surface area (Å²) in [6.45, 7) is 0. The number of aromatic nitrogens is 2. The topological polar surface area (TPSA) is 56.1 Å². The third-order valence-corrected chi connectivity index (χ3v) is 5.13. The molecule has 2 aromatic carbocycles. The van der Waals surface area contributed by atoms with Gasteiger partial charge in [-0.25, -0.2) is 4.68 Å². The number of hydrogen-bond donors (Lipinski definition) is 1. The molecule has 3 aromatic rings. The first-order valence-electron chi connectivity index (χ1n) is 8.56. The van der Waals surface area contributed by atoms with Gasteiger partial charge in [-0.2, -0.15) is 5.10 Å². The molecule has 0 radical (unpaired) electrons. The first-order valence-corrected chi connectivity index (χ1v) is 9.31. The number of methoxy groups -OCH3 is 1. The Kier molecular flexibility index (Phi) is 4.81. The van der Waals surface area contributed by atoms with E-state index < -0.39 is 0 Å². The van der Waals surface area contributed by atoms with Crippen LogP contribution in [0, 0.1) is 0 Å². The molecule has 1 fully saturated rings. The van der Waals surface area contributed by atoms with Gasteiger partial charge in [0.25, 0.3) is 5.91 Å². The van der Waals surface area contributed by atoms with E-state index in [0.717, 1.165) is 24.2 Å². The quantitative estimate of drug-likeness (QED) is 0.670. The van der Waals surface area contributed by atoms with Crippen LogP contribution in [0.15, 0.2) is 48.5 Å². The van der Waals surface area contributed by atoms with Crippen LogP contribution in [0.1, 0.15) is 23.3 Å². The smallest absolute Gasteiger partial charge is 0.270 e. The SMILES string of the molecule is COc1ccc(-c2cc(C(=O)NC3CC3)n(-c3ccc(Cl)c(Cl)c3)n2)cc1. The summed E-state index contributed by atoms with van der Waals surface area (Å²) < 4.78 is 6.80. The maximum atomic E-state index is 12.7. The summed E-state index contributed by atoms with van der Waals surface area (Å²) >= 11 is 12.2. The van der Waals surface area contributed by atoms with E-state index in [2.05, 4.69) is 10.4 Å². The summed E-state index contributed by atoms with van der Waals surface area (Å²) in [4.78, 5) is 12.7. The highest BCUT2D eigenvalue weighted by molar-refractivity contribution is 6.42. The van der Waals surface area contributed by atoms with Gasteiger partial charge in [-0.15, -0.1) is 0 Å². The first kappa shape index (κ1) is 17.9. The minimum Gasteiger partial charge on any atom is -0.497 e. The van der Waals surface area contributed by atoms with Crippen LogP contribution in [0.25, 0.3) is 16.9 Å². The van der Waals surface area contributed by atoms with E-state index in [-0.39, 0.29) is 11.9 Å². The number of benzene rings is 2. The van der Waals surface area contributed by atoms with Crippen LogP contribution in [-0.2, 0) is 0 Å². The number of nitrogens with one attached hydrogen (secondary N) is 1. The summed E-state index contributed by atoms with van der Waals surface area (Å²) in [6.07, 6.45) is 2.02. The van der Waals surface area contributed by atoms with Crippen molar-refractivity contribution < 1.29 is 9.53 Å². The fourth-order valence-corrected chi connectivity index (χ4v) is 3.04. The molecular formula is C20H17Cl2N3O2. The maximum absolute atomic E-state index is 12.7. The lowest BCUT2D eigenvalue weighted by Gasteiger charge is -2.08. The Bertz CT molecular complexity index is 995. The Balaban J connectivity index is 1.77. The van der Waals surface area contributed by atoms with E-state index in [9.17, 15) is 4.79 Å². The van der Waals surface area contributed by atoms with Crippen molar-refractivity contribution in [1.29, 1.82) is 0 Å². The molecule has 27 heavy (non-hydrogen) atoms. The maximum Gasteiger partial charge on any atom is 0.270 e. The van der Waals surface area contributed by atoms with Crippen molar-refractivity contribution in [3.8, 4) is 22.7 Å². The van der Waals surface area contributed by atoms with Crippen molar-refractivity contribution >= 4 is 29.1 Å². The Hall–Kier alpha value is -2.50. The number of carbonyl (C=O) groups excluding carboxylic acids is 1. The van der Waals surface area contributed by atoms with Crippen molar-refractivity contribution in [2.75, 3.05) is 7.11 Å². The third kappa shape index (κ3) is 3.80. The summed E-state index contributed by atoms with van der Waals surface area (Å²) in [7, 11) is 1.62. The zero-order valence-corrected chi connectivity index (χ0v) is 16.1. The second kappa shape index (κ2) is 7.25. The minimum atomic E-state index is -0.157. The van der Waals surface area contributed by atoms with Crippen molar-refractivity contribution in [1.82, 2.24) is 15.1 Å². The third-order valence-electron chi connectivity index (χ3n) is 4.39. The first-order chi connectivity index (χ1) is 13.0. The van der Waals surface area contributed by atoms with Gasteiger partial charge in [0.05, 0.1) is 28.5 Å². The summed E-state index contributed by atoms with van der Waals surface area (Å²) in [6, 6.07) is 14.7.